The van der Waals surface area contributed by atoms with Crippen molar-refractivity contribution in [2.45, 2.75) is 45.8 Å². The zero-order valence-corrected chi connectivity index (χ0v) is 12.2. The molecule has 0 radical (unpaired) electrons. The minimum atomic E-state index is -0.528. The molecule has 1 fully saturated rings. The third kappa shape index (κ3) is 3.00. The molecule has 20 heavy (non-hydrogen) atoms. The fourth-order valence-corrected chi connectivity index (χ4v) is 2.42. The molecule has 0 N–H and O–H groups in total. The molecule has 1 aliphatic rings. The van der Waals surface area contributed by atoms with Gasteiger partial charge in [0.25, 0.3) is 0 Å². The summed E-state index contributed by atoms with van der Waals surface area (Å²) in [5.74, 6) is 0.299. The Labute approximate surface area is 119 Å². The van der Waals surface area contributed by atoms with Crippen molar-refractivity contribution in [3.63, 3.8) is 0 Å². The second-order valence-electron chi connectivity index (χ2n) is 5.65. The first-order chi connectivity index (χ1) is 9.50. The zero-order valence-electron chi connectivity index (χ0n) is 12.2. The maximum atomic E-state index is 12.2. The van der Waals surface area contributed by atoms with Crippen LogP contribution in [0.3, 0.4) is 0 Å². The van der Waals surface area contributed by atoms with E-state index in [9.17, 15) is 9.59 Å². The molecule has 4 nitrogen and oxygen atoms in total. The molecule has 0 unspecified atom stereocenters. The summed E-state index contributed by atoms with van der Waals surface area (Å²) in [6.07, 6.45) is 0.274. The van der Waals surface area contributed by atoms with Crippen molar-refractivity contribution in [2.24, 2.45) is 5.92 Å². The fraction of sp³-hybridized carbons (Fsp3) is 0.500. The first-order valence-corrected chi connectivity index (χ1v) is 7.08. The Hall–Kier alpha value is -1.84. The third-order valence-corrected chi connectivity index (χ3v) is 3.60. The van der Waals surface area contributed by atoms with Crippen molar-refractivity contribution >= 4 is 12.0 Å². The predicted octanol–water partition coefficient (Wildman–Crippen LogP) is 3.53. The molecule has 2 rings (SSSR count). The summed E-state index contributed by atoms with van der Waals surface area (Å²) in [5.41, 5.74) is 0.924. The lowest BCUT2D eigenvalue weighted by molar-refractivity contribution is -0.129. The number of nitrogens with zero attached hydrogens (tertiary/aromatic N) is 1. The molecule has 1 saturated heterocycles. The molecule has 0 aromatic heterocycles. The van der Waals surface area contributed by atoms with E-state index >= 15 is 0 Å². The number of hydrogen-bond donors (Lipinski definition) is 0. The standard InChI is InChI=1S/C16H21NO3/c1-11(2)9-10-14(18)17-12(3)15(20-16(17)19)13-7-5-4-6-8-13/h4-8,11-12,15H,9-10H2,1-3H3/t12-,15-/m0/s1. The molecule has 0 saturated carbocycles. The Morgan fingerprint density at radius 1 is 1.30 bits per heavy atom. The van der Waals surface area contributed by atoms with Gasteiger partial charge in [-0.2, -0.15) is 0 Å². The van der Waals surface area contributed by atoms with E-state index in [1.807, 2.05) is 37.3 Å². The topological polar surface area (TPSA) is 46.6 Å². The van der Waals surface area contributed by atoms with E-state index in [0.29, 0.717) is 12.3 Å². The number of rotatable bonds is 4. The number of ether oxygens (including phenoxy) is 1. The van der Waals surface area contributed by atoms with Crippen LogP contribution in [0.25, 0.3) is 0 Å². The lowest BCUT2D eigenvalue weighted by atomic mass is 10.0. The van der Waals surface area contributed by atoms with Crippen LogP contribution in [-0.2, 0) is 9.53 Å². The Morgan fingerprint density at radius 3 is 2.55 bits per heavy atom. The molecule has 0 aliphatic carbocycles. The van der Waals surface area contributed by atoms with Crippen molar-refractivity contribution in [3.8, 4) is 0 Å². The number of imide groups is 1. The van der Waals surface area contributed by atoms with Gasteiger partial charge in [0.15, 0.2) is 0 Å². The second-order valence-corrected chi connectivity index (χ2v) is 5.65. The van der Waals surface area contributed by atoms with Crippen molar-refractivity contribution in [1.82, 2.24) is 4.90 Å². The average Bonchev–Trinajstić information content (AvgIpc) is 2.72. The van der Waals surface area contributed by atoms with Gasteiger partial charge in [0.1, 0.15) is 6.10 Å². The quantitative estimate of drug-likeness (QED) is 0.844. The molecule has 0 spiro atoms. The maximum absolute atomic E-state index is 12.2. The molecular formula is C16H21NO3. The van der Waals surface area contributed by atoms with E-state index < -0.39 is 6.09 Å². The highest BCUT2D eigenvalue weighted by molar-refractivity contribution is 5.93. The Bertz CT molecular complexity index is 484. The molecule has 2 amide bonds. The van der Waals surface area contributed by atoms with Gasteiger partial charge >= 0.3 is 6.09 Å². The van der Waals surface area contributed by atoms with Crippen LogP contribution in [0.1, 0.15) is 45.3 Å². The minimum absolute atomic E-state index is 0.144. The largest absolute Gasteiger partial charge is 0.439 e. The number of carbonyl (C=O) groups excluding carboxylic acids is 2. The van der Waals surface area contributed by atoms with E-state index in [1.54, 1.807) is 0 Å². The molecule has 1 aliphatic heterocycles. The van der Waals surface area contributed by atoms with Crippen LogP contribution in [0.2, 0.25) is 0 Å². The molecule has 1 heterocycles. The van der Waals surface area contributed by atoms with Crippen LogP contribution in [-0.4, -0.2) is 22.9 Å². The summed E-state index contributed by atoms with van der Waals surface area (Å²) in [4.78, 5) is 25.4. The summed E-state index contributed by atoms with van der Waals surface area (Å²) in [6, 6.07) is 9.28. The highest BCUT2D eigenvalue weighted by Gasteiger charge is 2.42. The van der Waals surface area contributed by atoms with Crippen LogP contribution < -0.4 is 0 Å². The summed E-state index contributed by atoms with van der Waals surface area (Å²) in [7, 11) is 0. The van der Waals surface area contributed by atoms with Crippen LogP contribution in [0.15, 0.2) is 30.3 Å². The van der Waals surface area contributed by atoms with Crippen molar-refractivity contribution in [2.75, 3.05) is 0 Å². The van der Waals surface area contributed by atoms with Gasteiger partial charge in [-0.3, -0.25) is 4.79 Å². The SMILES string of the molecule is CC(C)CCC(=O)N1C(=O)O[C@H](c2ccccc2)[C@@H]1C. The fourth-order valence-electron chi connectivity index (χ4n) is 2.42. The minimum Gasteiger partial charge on any atom is -0.439 e. The Kier molecular flexibility index (Phi) is 4.42. The van der Waals surface area contributed by atoms with Gasteiger partial charge in [-0.15, -0.1) is 0 Å². The lowest BCUT2D eigenvalue weighted by Crippen LogP contribution is -2.37. The number of cyclic esters (lactones) is 1. The van der Waals surface area contributed by atoms with Crippen LogP contribution in [0, 0.1) is 5.92 Å². The summed E-state index contributed by atoms with van der Waals surface area (Å²) in [6.45, 7) is 5.98. The van der Waals surface area contributed by atoms with Crippen LogP contribution >= 0.6 is 0 Å². The van der Waals surface area contributed by atoms with E-state index in [4.69, 9.17) is 4.74 Å². The average molecular weight is 275 g/mol. The van der Waals surface area contributed by atoms with Crippen LogP contribution in [0.5, 0.6) is 0 Å². The van der Waals surface area contributed by atoms with Gasteiger partial charge in [0.2, 0.25) is 5.91 Å². The van der Waals surface area contributed by atoms with Gasteiger partial charge in [-0.1, -0.05) is 44.2 Å². The molecule has 2 atom stereocenters. The maximum Gasteiger partial charge on any atom is 0.417 e. The number of benzene rings is 1. The summed E-state index contributed by atoms with van der Waals surface area (Å²) >= 11 is 0. The van der Waals surface area contributed by atoms with E-state index in [2.05, 4.69) is 13.8 Å². The van der Waals surface area contributed by atoms with Crippen molar-refractivity contribution in [1.29, 1.82) is 0 Å². The molecule has 1 aromatic rings. The number of carbonyl (C=O) groups is 2. The second kappa shape index (κ2) is 6.07. The first kappa shape index (κ1) is 14.6. The van der Waals surface area contributed by atoms with Gasteiger partial charge in [-0.25, -0.2) is 9.69 Å². The Morgan fingerprint density at radius 2 is 1.95 bits per heavy atom. The van der Waals surface area contributed by atoms with E-state index in [0.717, 1.165) is 12.0 Å². The molecule has 0 bridgehead atoms. The van der Waals surface area contributed by atoms with Crippen LogP contribution in [0.4, 0.5) is 4.79 Å². The molecule has 1 aromatic carbocycles. The smallest absolute Gasteiger partial charge is 0.417 e. The Balaban J connectivity index is 2.09. The third-order valence-electron chi connectivity index (χ3n) is 3.60. The molecule has 4 heteroatoms. The molecular weight excluding hydrogens is 254 g/mol. The number of amides is 2. The lowest BCUT2D eigenvalue weighted by Gasteiger charge is -2.19. The molecule has 108 valence electrons. The van der Waals surface area contributed by atoms with Gasteiger partial charge in [-0.05, 0) is 24.8 Å². The summed E-state index contributed by atoms with van der Waals surface area (Å²) < 4.78 is 5.37. The highest BCUT2D eigenvalue weighted by Crippen LogP contribution is 2.32. The predicted molar refractivity (Wildman–Crippen MR) is 76.0 cm³/mol. The highest BCUT2D eigenvalue weighted by atomic mass is 16.6. The number of hydrogen-bond acceptors (Lipinski definition) is 3. The normalized spacial score (nSPS) is 22.2. The van der Waals surface area contributed by atoms with Gasteiger partial charge < -0.3 is 4.74 Å². The van der Waals surface area contributed by atoms with Gasteiger partial charge in [0.05, 0.1) is 6.04 Å². The zero-order chi connectivity index (χ0) is 14.7. The van der Waals surface area contributed by atoms with Gasteiger partial charge in [0, 0.05) is 6.42 Å². The summed E-state index contributed by atoms with van der Waals surface area (Å²) in [5, 5.41) is 0. The van der Waals surface area contributed by atoms with E-state index in [-0.39, 0.29) is 18.1 Å². The first-order valence-electron chi connectivity index (χ1n) is 7.08. The van der Waals surface area contributed by atoms with Crippen molar-refractivity contribution < 1.29 is 14.3 Å². The monoisotopic (exact) mass is 275 g/mol. The van der Waals surface area contributed by atoms with Crippen molar-refractivity contribution in [3.05, 3.63) is 35.9 Å². The van der Waals surface area contributed by atoms with E-state index in [1.165, 1.54) is 4.90 Å².